The Morgan fingerprint density at radius 1 is 1.15 bits per heavy atom. The second-order valence-electron chi connectivity index (χ2n) is 9.80. The molecule has 190 valence electrons. The molecule has 2 rings (SSSR count). The van der Waals surface area contributed by atoms with Gasteiger partial charge in [-0.25, -0.2) is 9.78 Å². The highest BCUT2D eigenvalue weighted by molar-refractivity contribution is 5.94. The van der Waals surface area contributed by atoms with E-state index in [-0.39, 0.29) is 30.6 Å². The zero-order valence-electron chi connectivity index (χ0n) is 20.4. The summed E-state index contributed by atoms with van der Waals surface area (Å²) in [6, 6.07) is -3.53. The molecule has 1 saturated heterocycles. The molecule has 0 saturated carbocycles. The standard InChI is InChI=1S/C23H38N6O5/c1-13(2)8-16(24)22(32)29-7-5-6-19(29)21(31)27-17(10-15-11-25-12-26-15)20(30)28-18(23(33)34)9-14(3)4/h11-14,16-19H,5-10,24H2,1-4H3,(H,25,26)(H,27,31)(H,28,30)(H,33,34). The highest BCUT2D eigenvalue weighted by Crippen LogP contribution is 2.20. The maximum Gasteiger partial charge on any atom is 0.326 e. The van der Waals surface area contributed by atoms with Gasteiger partial charge in [-0.15, -0.1) is 0 Å². The summed E-state index contributed by atoms with van der Waals surface area (Å²) < 4.78 is 0. The Morgan fingerprint density at radius 3 is 2.38 bits per heavy atom. The molecule has 11 heteroatoms. The Morgan fingerprint density at radius 2 is 1.82 bits per heavy atom. The Kier molecular flexibility index (Phi) is 10.0. The average Bonchev–Trinajstić information content (AvgIpc) is 3.43. The second kappa shape index (κ2) is 12.5. The summed E-state index contributed by atoms with van der Waals surface area (Å²) in [7, 11) is 0. The lowest BCUT2D eigenvalue weighted by Crippen LogP contribution is -2.57. The summed E-state index contributed by atoms with van der Waals surface area (Å²) in [5, 5.41) is 14.8. The van der Waals surface area contributed by atoms with Gasteiger partial charge in [-0.1, -0.05) is 27.7 Å². The number of nitrogens with one attached hydrogen (secondary N) is 3. The summed E-state index contributed by atoms with van der Waals surface area (Å²) in [6.07, 6.45) is 4.98. The Hall–Kier alpha value is -2.95. The zero-order valence-corrected chi connectivity index (χ0v) is 20.4. The number of nitrogens with two attached hydrogens (primary N) is 1. The number of carboxylic acids is 1. The topological polar surface area (TPSA) is 171 Å². The average molecular weight is 479 g/mol. The van der Waals surface area contributed by atoms with Crippen LogP contribution in [0.1, 0.15) is 59.1 Å². The number of aromatic amines is 1. The van der Waals surface area contributed by atoms with Crippen LogP contribution in [0.2, 0.25) is 0 Å². The van der Waals surface area contributed by atoms with Gasteiger partial charge in [0.1, 0.15) is 18.1 Å². The summed E-state index contributed by atoms with van der Waals surface area (Å²) in [6.45, 7) is 8.10. The molecular formula is C23H38N6O5. The number of likely N-dealkylation sites (tertiary alicyclic amines) is 1. The molecule has 1 aliphatic rings. The number of hydrogen-bond donors (Lipinski definition) is 5. The molecule has 0 aromatic carbocycles. The van der Waals surface area contributed by atoms with Gasteiger partial charge in [-0.05, 0) is 37.5 Å². The van der Waals surface area contributed by atoms with Crippen LogP contribution in [0.3, 0.4) is 0 Å². The van der Waals surface area contributed by atoms with Gasteiger partial charge in [-0.3, -0.25) is 14.4 Å². The molecule has 0 bridgehead atoms. The predicted octanol–water partition coefficient (Wildman–Crippen LogP) is 0.417. The smallest absolute Gasteiger partial charge is 0.326 e. The van der Waals surface area contributed by atoms with Crippen LogP contribution >= 0.6 is 0 Å². The van der Waals surface area contributed by atoms with Gasteiger partial charge in [0.2, 0.25) is 17.7 Å². The van der Waals surface area contributed by atoms with E-state index in [1.807, 2.05) is 27.7 Å². The number of rotatable bonds is 12. The van der Waals surface area contributed by atoms with E-state index in [1.54, 1.807) is 0 Å². The Bertz CT molecular complexity index is 841. The predicted molar refractivity (Wildman–Crippen MR) is 125 cm³/mol. The van der Waals surface area contributed by atoms with Crippen molar-refractivity contribution in [3.05, 3.63) is 18.2 Å². The molecule has 3 amide bonds. The zero-order chi connectivity index (χ0) is 25.4. The number of amides is 3. The lowest BCUT2D eigenvalue weighted by atomic mass is 10.0. The van der Waals surface area contributed by atoms with Crippen LogP contribution in [0.25, 0.3) is 0 Å². The molecule has 34 heavy (non-hydrogen) atoms. The number of aromatic nitrogens is 2. The van der Waals surface area contributed by atoms with Gasteiger partial charge in [0, 0.05) is 24.9 Å². The normalized spacial score (nSPS) is 18.6. The second-order valence-corrected chi connectivity index (χ2v) is 9.80. The van der Waals surface area contributed by atoms with Gasteiger partial charge >= 0.3 is 5.97 Å². The number of nitrogens with zero attached hydrogens (tertiary/aromatic N) is 2. The van der Waals surface area contributed by atoms with Crippen LogP contribution < -0.4 is 16.4 Å². The summed E-state index contributed by atoms with van der Waals surface area (Å²) in [4.78, 5) is 59.0. The van der Waals surface area contributed by atoms with Gasteiger partial charge in [0.05, 0.1) is 12.4 Å². The van der Waals surface area contributed by atoms with Gasteiger partial charge in [-0.2, -0.15) is 0 Å². The number of carbonyl (C=O) groups is 4. The molecule has 2 heterocycles. The first-order valence-corrected chi connectivity index (χ1v) is 11.9. The first-order chi connectivity index (χ1) is 16.0. The number of hydrogen-bond acceptors (Lipinski definition) is 6. The maximum atomic E-state index is 13.2. The first-order valence-electron chi connectivity index (χ1n) is 11.9. The summed E-state index contributed by atoms with van der Waals surface area (Å²) in [5.41, 5.74) is 6.68. The molecule has 4 atom stereocenters. The molecule has 1 aromatic rings. The SMILES string of the molecule is CC(C)CC(N)C(=O)N1CCCC1C(=O)NC(Cc1cnc[nH]1)C(=O)NC(CC(C)C)C(=O)O. The van der Waals surface area contributed by atoms with Crippen molar-refractivity contribution in [1.82, 2.24) is 25.5 Å². The molecule has 0 radical (unpaired) electrons. The van der Waals surface area contributed by atoms with E-state index in [0.717, 1.165) is 0 Å². The van der Waals surface area contributed by atoms with E-state index in [1.165, 1.54) is 17.4 Å². The maximum absolute atomic E-state index is 13.2. The van der Waals surface area contributed by atoms with Gasteiger partial charge in [0.15, 0.2) is 0 Å². The van der Waals surface area contributed by atoms with Crippen LogP contribution in [0.15, 0.2) is 12.5 Å². The van der Waals surface area contributed by atoms with Crippen molar-refractivity contribution in [3.63, 3.8) is 0 Å². The van der Waals surface area contributed by atoms with E-state index in [4.69, 9.17) is 5.73 Å². The summed E-state index contributed by atoms with van der Waals surface area (Å²) in [5.74, 6) is -2.19. The molecule has 6 N–H and O–H groups in total. The quantitative estimate of drug-likeness (QED) is 0.290. The number of carbonyl (C=O) groups excluding carboxylic acids is 3. The highest BCUT2D eigenvalue weighted by atomic mass is 16.4. The Balaban J connectivity index is 2.15. The third kappa shape index (κ3) is 7.82. The molecule has 0 spiro atoms. The number of imidazole rings is 1. The van der Waals surface area contributed by atoms with E-state index in [0.29, 0.717) is 31.5 Å². The first kappa shape index (κ1) is 27.3. The minimum atomic E-state index is -1.14. The van der Waals surface area contributed by atoms with Gasteiger partial charge < -0.3 is 31.4 Å². The number of H-pyrrole nitrogens is 1. The lowest BCUT2D eigenvalue weighted by Gasteiger charge is -2.29. The van der Waals surface area contributed by atoms with Crippen LogP contribution in [0.5, 0.6) is 0 Å². The molecule has 0 aliphatic carbocycles. The van der Waals surface area contributed by atoms with E-state index in [9.17, 15) is 24.3 Å². The molecule has 1 aliphatic heterocycles. The van der Waals surface area contributed by atoms with E-state index >= 15 is 0 Å². The third-order valence-corrected chi connectivity index (χ3v) is 5.81. The fourth-order valence-corrected chi connectivity index (χ4v) is 4.18. The van der Waals surface area contributed by atoms with Gasteiger partial charge in [0.25, 0.3) is 0 Å². The van der Waals surface area contributed by atoms with Crippen LogP contribution in [-0.2, 0) is 25.6 Å². The molecule has 1 aromatic heterocycles. The van der Waals surface area contributed by atoms with Crippen molar-refractivity contribution in [3.8, 4) is 0 Å². The van der Waals surface area contributed by atoms with E-state index in [2.05, 4.69) is 20.6 Å². The van der Waals surface area contributed by atoms with Crippen molar-refractivity contribution in [1.29, 1.82) is 0 Å². The Labute approximate surface area is 200 Å². The minimum Gasteiger partial charge on any atom is -0.480 e. The molecule has 11 nitrogen and oxygen atoms in total. The van der Waals surface area contributed by atoms with Crippen molar-refractivity contribution in [2.45, 2.75) is 84.0 Å². The molecule has 1 fully saturated rings. The van der Waals surface area contributed by atoms with Crippen LogP contribution in [0, 0.1) is 11.8 Å². The fourth-order valence-electron chi connectivity index (χ4n) is 4.18. The van der Waals surface area contributed by atoms with E-state index < -0.39 is 42.0 Å². The van der Waals surface area contributed by atoms with Crippen LogP contribution in [0.4, 0.5) is 0 Å². The third-order valence-electron chi connectivity index (χ3n) is 5.81. The van der Waals surface area contributed by atoms with Crippen molar-refractivity contribution < 1.29 is 24.3 Å². The van der Waals surface area contributed by atoms with Crippen molar-refractivity contribution >= 4 is 23.7 Å². The lowest BCUT2D eigenvalue weighted by molar-refractivity contribution is -0.143. The number of aliphatic carboxylic acids is 1. The molecular weight excluding hydrogens is 440 g/mol. The summed E-state index contributed by atoms with van der Waals surface area (Å²) >= 11 is 0. The van der Waals surface area contributed by atoms with Crippen molar-refractivity contribution in [2.75, 3.05) is 6.54 Å². The van der Waals surface area contributed by atoms with Crippen LogP contribution in [-0.4, -0.2) is 74.4 Å². The minimum absolute atomic E-state index is 0.0511. The fraction of sp³-hybridized carbons (Fsp3) is 0.696. The molecule has 4 unspecified atom stereocenters. The monoisotopic (exact) mass is 478 g/mol. The highest BCUT2D eigenvalue weighted by Gasteiger charge is 2.38. The largest absolute Gasteiger partial charge is 0.480 e. The van der Waals surface area contributed by atoms with Crippen molar-refractivity contribution in [2.24, 2.45) is 17.6 Å². The number of carboxylic acid groups (broad SMARTS) is 1.